The lowest BCUT2D eigenvalue weighted by Gasteiger charge is -2.27. The van der Waals surface area contributed by atoms with Gasteiger partial charge in [-0.05, 0) is 6.42 Å². The van der Waals surface area contributed by atoms with Crippen molar-refractivity contribution in [1.82, 2.24) is 0 Å². The maximum atomic E-state index is 11.3. The van der Waals surface area contributed by atoms with Crippen LogP contribution >= 0.6 is 25.3 Å². The third-order valence-electron chi connectivity index (χ3n) is 2.65. The summed E-state index contributed by atoms with van der Waals surface area (Å²) < 4.78 is 10.3. The van der Waals surface area contributed by atoms with Crippen LogP contribution in [-0.2, 0) is 19.1 Å². The van der Waals surface area contributed by atoms with Crippen LogP contribution in [0.4, 0.5) is 0 Å². The maximum absolute atomic E-state index is 11.3. The molecule has 0 aliphatic carbocycles. The molecule has 0 atom stereocenters. The van der Waals surface area contributed by atoms with Crippen LogP contribution in [0.25, 0.3) is 0 Å². The van der Waals surface area contributed by atoms with Crippen molar-refractivity contribution < 1.29 is 19.1 Å². The molecule has 0 unspecified atom stereocenters. The maximum Gasteiger partial charge on any atom is 0.306 e. The number of thiol groups is 2. The smallest absolute Gasteiger partial charge is 0.306 e. The van der Waals surface area contributed by atoms with Crippen LogP contribution in [0.3, 0.4) is 0 Å². The molecule has 0 aromatic heterocycles. The van der Waals surface area contributed by atoms with Crippen molar-refractivity contribution in [3.8, 4) is 0 Å². The van der Waals surface area contributed by atoms with E-state index in [0.717, 1.165) is 6.42 Å². The molecule has 0 saturated heterocycles. The Morgan fingerprint density at radius 3 is 1.67 bits per heavy atom. The van der Waals surface area contributed by atoms with Crippen LogP contribution in [0, 0.1) is 5.41 Å². The summed E-state index contributed by atoms with van der Waals surface area (Å²) in [6.45, 7) is 4.41. The molecular formula is C12H22O4S2. The van der Waals surface area contributed by atoms with E-state index in [9.17, 15) is 9.59 Å². The molecule has 4 nitrogen and oxygen atoms in total. The summed E-state index contributed by atoms with van der Waals surface area (Å²) in [7, 11) is 0. The molecule has 0 aromatic rings. The van der Waals surface area contributed by atoms with Gasteiger partial charge in [0.25, 0.3) is 0 Å². The second-order valence-corrected chi connectivity index (χ2v) is 5.33. The monoisotopic (exact) mass is 294 g/mol. The fourth-order valence-electron chi connectivity index (χ4n) is 1.08. The van der Waals surface area contributed by atoms with Crippen molar-refractivity contribution in [2.45, 2.75) is 33.1 Å². The van der Waals surface area contributed by atoms with Crippen LogP contribution in [0.15, 0.2) is 0 Å². The topological polar surface area (TPSA) is 52.6 Å². The van der Waals surface area contributed by atoms with Crippen molar-refractivity contribution in [3.05, 3.63) is 0 Å². The third-order valence-corrected chi connectivity index (χ3v) is 3.10. The van der Waals surface area contributed by atoms with E-state index in [2.05, 4.69) is 25.3 Å². The molecule has 0 bridgehead atoms. The van der Waals surface area contributed by atoms with E-state index < -0.39 is 0 Å². The van der Waals surface area contributed by atoms with E-state index in [-0.39, 0.29) is 30.6 Å². The van der Waals surface area contributed by atoms with Gasteiger partial charge in [0.15, 0.2) is 0 Å². The van der Waals surface area contributed by atoms with E-state index in [1.807, 2.05) is 13.8 Å². The summed E-state index contributed by atoms with van der Waals surface area (Å²) in [5.41, 5.74) is -0.335. The highest BCUT2D eigenvalue weighted by atomic mass is 32.1. The van der Waals surface area contributed by atoms with Gasteiger partial charge in [-0.2, -0.15) is 25.3 Å². The van der Waals surface area contributed by atoms with Crippen LogP contribution in [-0.4, -0.2) is 36.7 Å². The molecular weight excluding hydrogens is 272 g/mol. The van der Waals surface area contributed by atoms with Crippen molar-refractivity contribution in [3.63, 3.8) is 0 Å². The predicted molar refractivity (Wildman–Crippen MR) is 77.3 cm³/mol. The molecule has 0 aliphatic rings. The van der Waals surface area contributed by atoms with Gasteiger partial charge < -0.3 is 9.47 Å². The first-order valence-electron chi connectivity index (χ1n) is 6.00. The Bertz CT molecular complexity index is 247. The zero-order valence-electron chi connectivity index (χ0n) is 11.0. The van der Waals surface area contributed by atoms with E-state index in [0.29, 0.717) is 24.3 Å². The minimum absolute atomic E-state index is 0.254. The Morgan fingerprint density at radius 2 is 1.39 bits per heavy atom. The Morgan fingerprint density at radius 1 is 1.00 bits per heavy atom. The summed E-state index contributed by atoms with van der Waals surface area (Å²) >= 11 is 7.92. The molecule has 6 heteroatoms. The second kappa shape index (κ2) is 9.55. The Labute approximate surface area is 120 Å². The molecule has 0 rings (SSSR count). The zero-order chi connectivity index (χ0) is 14.0. The van der Waals surface area contributed by atoms with Gasteiger partial charge in [-0.15, -0.1) is 0 Å². The summed E-state index contributed by atoms with van der Waals surface area (Å²) in [6.07, 6.45) is 1.35. The van der Waals surface area contributed by atoms with Crippen molar-refractivity contribution in [2.75, 3.05) is 24.7 Å². The fraction of sp³-hybridized carbons (Fsp3) is 0.833. The number of hydrogen-bond donors (Lipinski definition) is 2. The van der Waals surface area contributed by atoms with Crippen LogP contribution < -0.4 is 0 Å². The number of carbonyl (C=O) groups excluding carboxylic acids is 2. The van der Waals surface area contributed by atoms with Gasteiger partial charge in [0.2, 0.25) is 0 Å². The van der Waals surface area contributed by atoms with Crippen molar-refractivity contribution in [1.29, 1.82) is 0 Å². The third kappa shape index (κ3) is 7.87. The normalized spacial score (nSPS) is 11.1. The van der Waals surface area contributed by atoms with E-state index in [1.165, 1.54) is 0 Å². The summed E-state index contributed by atoms with van der Waals surface area (Å²) in [4.78, 5) is 22.5. The first kappa shape index (κ1) is 17.6. The molecule has 0 aliphatic heterocycles. The van der Waals surface area contributed by atoms with Gasteiger partial charge in [0.05, 0.1) is 26.1 Å². The highest BCUT2D eigenvalue weighted by Crippen LogP contribution is 2.22. The van der Waals surface area contributed by atoms with E-state index >= 15 is 0 Å². The van der Waals surface area contributed by atoms with Crippen LogP contribution in [0.1, 0.15) is 33.1 Å². The minimum Gasteiger partial charge on any atom is -0.465 e. The summed E-state index contributed by atoms with van der Waals surface area (Å²) in [6, 6.07) is 0. The minimum atomic E-state index is -0.335. The first-order chi connectivity index (χ1) is 8.47. The van der Waals surface area contributed by atoms with Crippen LogP contribution in [0.5, 0.6) is 0 Å². The number of ether oxygens (including phenoxy) is 2. The molecule has 0 N–H and O–H groups in total. The molecule has 0 aromatic carbocycles. The average molecular weight is 294 g/mol. The molecule has 0 radical (unpaired) electrons. The number of hydrogen-bond acceptors (Lipinski definition) is 6. The number of esters is 2. The van der Waals surface area contributed by atoms with Gasteiger partial charge in [-0.25, -0.2) is 0 Å². The molecule has 18 heavy (non-hydrogen) atoms. The SMILES string of the molecule is CCC(C)(COC(=O)CCS)COC(=O)CCS. The van der Waals surface area contributed by atoms with Gasteiger partial charge in [0, 0.05) is 16.9 Å². The lowest BCUT2D eigenvalue weighted by molar-refractivity contribution is -0.153. The molecule has 0 fully saturated rings. The van der Waals surface area contributed by atoms with Crippen LogP contribution in [0.2, 0.25) is 0 Å². The summed E-state index contributed by atoms with van der Waals surface area (Å²) in [5, 5.41) is 0. The predicted octanol–water partition coefficient (Wildman–Crippen LogP) is 2.13. The van der Waals surface area contributed by atoms with Gasteiger partial charge in [-0.3, -0.25) is 9.59 Å². The molecule has 0 amide bonds. The Balaban J connectivity index is 4.09. The zero-order valence-corrected chi connectivity index (χ0v) is 12.8. The van der Waals surface area contributed by atoms with E-state index in [4.69, 9.17) is 9.47 Å². The fourth-order valence-corrected chi connectivity index (χ4v) is 1.45. The Kier molecular flexibility index (Phi) is 9.36. The summed E-state index contributed by atoms with van der Waals surface area (Å²) in [5.74, 6) is 0.398. The standard InChI is InChI=1S/C12H22O4S2/c1-3-12(2,8-15-10(13)4-6-17)9-16-11(14)5-7-18/h17-18H,3-9H2,1-2H3. The van der Waals surface area contributed by atoms with Crippen molar-refractivity contribution >= 4 is 37.2 Å². The highest BCUT2D eigenvalue weighted by molar-refractivity contribution is 7.80. The average Bonchev–Trinajstić information content (AvgIpc) is 2.35. The van der Waals surface area contributed by atoms with Gasteiger partial charge in [-0.1, -0.05) is 13.8 Å². The second-order valence-electron chi connectivity index (χ2n) is 4.43. The van der Waals surface area contributed by atoms with Crippen molar-refractivity contribution in [2.24, 2.45) is 5.41 Å². The largest absolute Gasteiger partial charge is 0.465 e. The number of carbonyl (C=O) groups is 2. The van der Waals surface area contributed by atoms with Gasteiger partial charge in [0.1, 0.15) is 0 Å². The Hall–Kier alpha value is -0.360. The molecule has 106 valence electrons. The number of rotatable bonds is 9. The highest BCUT2D eigenvalue weighted by Gasteiger charge is 2.26. The lowest BCUT2D eigenvalue weighted by atomic mass is 9.90. The quantitative estimate of drug-likeness (QED) is 0.505. The van der Waals surface area contributed by atoms with E-state index in [1.54, 1.807) is 0 Å². The molecule has 0 saturated carbocycles. The van der Waals surface area contributed by atoms with Gasteiger partial charge >= 0.3 is 11.9 Å². The lowest BCUT2D eigenvalue weighted by Crippen LogP contribution is -2.31. The molecule has 0 spiro atoms. The molecule has 0 heterocycles. The first-order valence-corrected chi connectivity index (χ1v) is 7.27.